The minimum Gasteiger partial charge on any atom is -0.381 e. The summed E-state index contributed by atoms with van der Waals surface area (Å²) in [5.41, 5.74) is 0.589. The Balaban J connectivity index is 1.77. The molecule has 0 radical (unpaired) electrons. The highest BCUT2D eigenvalue weighted by Gasteiger charge is 2.07. The summed E-state index contributed by atoms with van der Waals surface area (Å²) in [6.45, 7) is 4.21. The molecule has 118 valence electrons. The van der Waals surface area contributed by atoms with E-state index in [9.17, 15) is 4.79 Å². The molecule has 0 aliphatic heterocycles. The molecule has 6 heteroatoms. The molecule has 0 saturated carbocycles. The number of hydrogen-bond acceptors (Lipinski definition) is 4. The number of pyridine rings is 1. The second-order valence-corrected chi connectivity index (χ2v) is 4.95. The third kappa shape index (κ3) is 4.96. The van der Waals surface area contributed by atoms with Crippen LogP contribution in [0.5, 0.6) is 0 Å². The first kappa shape index (κ1) is 16.2. The van der Waals surface area contributed by atoms with Crippen LogP contribution in [-0.2, 0) is 4.74 Å². The van der Waals surface area contributed by atoms with Gasteiger partial charge in [-0.1, -0.05) is 13.3 Å². The molecule has 0 saturated heterocycles. The lowest BCUT2D eigenvalue weighted by molar-refractivity contribution is 0.0940. The van der Waals surface area contributed by atoms with Crippen LogP contribution >= 0.6 is 0 Å². The van der Waals surface area contributed by atoms with Crippen molar-refractivity contribution in [2.75, 3.05) is 19.8 Å². The Kier molecular flexibility index (Phi) is 6.57. The number of carbonyl (C=O) groups excluding carboxylic acids is 1. The van der Waals surface area contributed by atoms with Crippen molar-refractivity contribution < 1.29 is 9.53 Å². The Bertz CT molecular complexity index is 569. The summed E-state index contributed by atoms with van der Waals surface area (Å²) >= 11 is 0. The SMILES string of the molecule is CCCCOCCCNC(=O)c1ccnc(-n2ccnc2)c1. The van der Waals surface area contributed by atoms with Gasteiger partial charge in [0.2, 0.25) is 0 Å². The van der Waals surface area contributed by atoms with Crippen molar-refractivity contribution in [3.05, 3.63) is 42.6 Å². The van der Waals surface area contributed by atoms with Crippen molar-refractivity contribution >= 4 is 5.91 Å². The van der Waals surface area contributed by atoms with Gasteiger partial charge in [-0.05, 0) is 25.0 Å². The fourth-order valence-corrected chi connectivity index (χ4v) is 1.92. The summed E-state index contributed by atoms with van der Waals surface area (Å²) in [6, 6.07) is 3.45. The van der Waals surface area contributed by atoms with Gasteiger partial charge in [-0.25, -0.2) is 9.97 Å². The van der Waals surface area contributed by atoms with Gasteiger partial charge in [-0.2, -0.15) is 0 Å². The number of hydrogen-bond donors (Lipinski definition) is 1. The molecule has 22 heavy (non-hydrogen) atoms. The number of imidazole rings is 1. The quantitative estimate of drug-likeness (QED) is 0.721. The third-order valence-corrected chi connectivity index (χ3v) is 3.17. The Labute approximate surface area is 130 Å². The highest BCUT2D eigenvalue weighted by molar-refractivity contribution is 5.94. The molecule has 2 rings (SSSR count). The van der Waals surface area contributed by atoms with Gasteiger partial charge < -0.3 is 10.1 Å². The molecular weight excluding hydrogens is 280 g/mol. The molecule has 0 aromatic carbocycles. The number of amides is 1. The number of aromatic nitrogens is 3. The zero-order valence-electron chi connectivity index (χ0n) is 12.9. The van der Waals surface area contributed by atoms with Crippen molar-refractivity contribution in [3.8, 4) is 5.82 Å². The monoisotopic (exact) mass is 302 g/mol. The Morgan fingerprint density at radius 3 is 2.95 bits per heavy atom. The van der Waals surface area contributed by atoms with Crippen LogP contribution < -0.4 is 5.32 Å². The van der Waals surface area contributed by atoms with Gasteiger partial charge in [0.15, 0.2) is 0 Å². The van der Waals surface area contributed by atoms with Gasteiger partial charge in [0.25, 0.3) is 5.91 Å². The molecule has 1 N–H and O–H groups in total. The molecule has 0 unspecified atom stereocenters. The molecule has 6 nitrogen and oxygen atoms in total. The van der Waals surface area contributed by atoms with Gasteiger partial charge in [-0.3, -0.25) is 9.36 Å². The maximum Gasteiger partial charge on any atom is 0.251 e. The van der Waals surface area contributed by atoms with Gasteiger partial charge in [0.05, 0.1) is 0 Å². The summed E-state index contributed by atoms with van der Waals surface area (Å²) in [4.78, 5) is 20.3. The van der Waals surface area contributed by atoms with Crippen LogP contribution in [0, 0.1) is 0 Å². The number of ether oxygens (including phenoxy) is 1. The number of carbonyl (C=O) groups is 1. The van der Waals surface area contributed by atoms with Crippen LogP contribution in [0.1, 0.15) is 36.5 Å². The minimum atomic E-state index is -0.0997. The first-order valence-electron chi connectivity index (χ1n) is 7.61. The molecule has 0 spiro atoms. The van der Waals surface area contributed by atoms with E-state index in [0.717, 1.165) is 25.9 Å². The standard InChI is InChI=1S/C16H22N4O2/c1-2-3-10-22-11-4-6-19-16(21)14-5-7-18-15(12-14)20-9-8-17-13-20/h5,7-9,12-13H,2-4,6,10-11H2,1H3,(H,19,21). The summed E-state index contributed by atoms with van der Waals surface area (Å²) in [7, 11) is 0. The van der Waals surface area contributed by atoms with Crippen LogP contribution in [0.2, 0.25) is 0 Å². The van der Waals surface area contributed by atoms with Gasteiger partial charge in [0, 0.05) is 43.9 Å². The molecule has 0 fully saturated rings. The van der Waals surface area contributed by atoms with E-state index >= 15 is 0 Å². The van der Waals surface area contributed by atoms with Crippen LogP contribution in [-0.4, -0.2) is 40.2 Å². The molecule has 0 aliphatic carbocycles. The average Bonchev–Trinajstić information content (AvgIpc) is 3.08. The highest BCUT2D eigenvalue weighted by atomic mass is 16.5. The van der Waals surface area contributed by atoms with Gasteiger partial charge in [-0.15, -0.1) is 0 Å². The van der Waals surface area contributed by atoms with E-state index < -0.39 is 0 Å². The van der Waals surface area contributed by atoms with Crippen molar-refractivity contribution in [2.45, 2.75) is 26.2 Å². The minimum absolute atomic E-state index is 0.0997. The largest absolute Gasteiger partial charge is 0.381 e. The normalized spacial score (nSPS) is 10.6. The average molecular weight is 302 g/mol. The van der Waals surface area contributed by atoms with Crippen molar-refractivity contribution in [2.24, 2.45) is 0 Å². The number of unbranched alkanes of at least 4 members (excludes halogenated alkanes) is 1. The topological polar surface area (TPSA) is 69.0 Å². The third-order valence-electron chi connectivity index (χ3n) is 3.17. The second kappa shape index (κ2) is 8.94. The molecule has 0 atom stereocenters. The lowest BCUT2D eigenvalue weighted by atomic mass is 10.2. The Morgan fingerprint density at radius 1 is 1.32 bits per heavy atom. The lowest BCUT2D eigenvalue weighted by Gasteiger charge is -2.07. The second-order valence-electron chi connectivity index (χ2n) is 4.95. The molecule has 2 aromatic rings. The molecule has 2 aromatic heterocycles. The number of nitrogens with zero attached hydrogens (tertiary/aromatic N) is 3. The van der Waals surface area contributed by atoms with E-state index in [1.807, 2.05) is 0 Å². The van der Waals surface area contributed by atoms with E-state index in [1.54, 1.807) is 41.6 Å². The lowest BCUT2D eigenvalue weighted by Crippen LogP contribution is -2.25. The fraction of sp³-hybridized carbons (Fsp3) is 0.438. The molecule has 0 bridgehead atoms. The summed E-state index contributed by atoms with van der Waals surface area (Å²) in [5, 5.41) is 2.89. The number of nitrogens with one attached hydrogen (secondary N) is 1. The van der Waals surface area contributed by atoms with Crippen LogP contribution in [0.3, 0.4) is 0 Å². The maximum absolute atomic E-state index is 12.1. The molecule has 1 amide bonds. The predicted molar refractivity (Wildman–Crippen MR) is 84.0 cm³/mol. The van der Waals surface area contributed by atoms with Gasteiger partial charge in [0.1, 0.15) is 12.1 Å². The molecule has 2 heterocycles. The molecular formula is C16H22N4O2. The maximum atomic E-state index is 12.1. The first-order chi connectivity index (χ1) is 10.8. The van der Waals surface area contributed by atoms with E-state index in [2.05, 4.69) is 22.2 Å². The number of rotatable bonds is 9. The zero-order chi connectivity index (χ0) is 15.6. The van der Waals surface area contributed by atoms with E-state index in [0.29, 0.717) is 24.5 Å². The summed E-state index contributed by atoms with van der Waals surface area (Å²) < 4.78 is 7.22. The van der Waals surface area contributed by atoms with Crippen LogP contribution in [0.25, 0.3) is 5.82 Å². The Hall–Kier alpha value is -2.21. The van der Waals surface area contributed by atoms with Crippen molar-refractivity contribution in [3.63, 3.8) is 0 Å². The Morgan fingerprint density at radius 2 is 2.18 bits per heavy atom. The molecule has 0 aliphatic rings. The van der Waals surface area contributed by atoms with Crippen molar-refractivity contribution in [1.29, 1.82) is 0 Å². The van der Waals surface area contributed by atoms with E-state index in [4.69, 9.17) is 4.74 Å². The van der Waals surface area contributed by atoms with E-state index in [1.165, 1.54) is 0 Å². The van der Waals surface area contributed by atoms with Crippen LogP contribution in [0.4, 0.5) is 0 Å². The fourth-order valence-electron chi connectivity index (χ4n) is 1.92. The smallest absolute Gasteiger partial charge is 0.251 e. The zero-order valence-corrected chi connectivity index (χ0v) is 12.9. The van der Waals surface area contributed by atoms with Crippen molar-refractivity contribution in [1.82, 2.24) is 19.9 Å². The highest BCUT2D eigenvalue weighted by Crippen LogP contribution is 2.06. The summed E-state index contributed by atoms with van der Waals surface area (Å²) in [5.74, 6) is 0.574. The van der Waals surface area contributed by atoms with E-state index in [-0.39, 0.29) is 5.91 Å². The predicted octanol–water partition coefficient (Wildman–Crippen LogP) is 2.20. The first-order valence-corrected chi connectivity index (χ1v) is 7.61. The summed E-state index contributed by atoms with van der Waals surface area (Å²) in [6.07, 6.45) is 9.77. The van der Waals surface area contributed by atoms with Crippen LogP contribution in [0.15, 0.2) is 37.1 Å². The van der Waals surface area contributed by atoms with Gasteiger partial charge >= 0.3 is 0 Å².